The lowest BCUT2D eigenvalue weighted by Crippen LogP contribution is -1.85. The molecule has 0 atom stereocenters. The van der Waals surface area contributed by atoms with Gasteiger partial charge in [0.1, 0.15) is 0 Å². The van der Waals surface area contributed by atoms with E-state index in [0.29, 0.717) is 5.56 Å². The fraction of sp³-hybridized carbons (Fsp3) is 0. The predicted octanol–water partition coefficient (Wildman–Crippen LogP) is 4.57. The zero-order chi connectivity index (χ0) is 15.2. The van der Waals surface area contributed by atoms with Crippen molar-refractivity contribution in [3.05, 3.63) is 95.6 Å². The van der Waals surface area contributed by atoms with Crippen molar-refractivity contribution in [2.75, 3.05) is 0 Å². The minimum atomic E-state index is 0.621. The molecule has 0 unspecified atom stereocenters. The van der Waals surface area contributed by atoms with Crippen LogP contribution in [-0.4, -0.2) is 6.29 Å². The highest BCUT2D eigenvalue weighted by Gasteiger charge is 1.97. The summed E-state index contributed by atoms with van der Waals surface area (Å²) in [5.41, 5.74) is 4.66. The van der Waals surface area contributed by atoms with E-state index in [-0.39, 0.29) is 0 Å². The molecule has 1 nitrogen and oxygen atoms in total. The third kappa shape index (κ3) is 3.13. The van der Waals surface area contributed by atoms with Crippen LogP contribution in [0.3, 0.4) is 0 Å². The van der Waals surface area contributed by atoms with Crippen LogP contribution in [-0.2, 0) is 0 Å². The molecule has 0 saturated carbocycles. The second-order valence-corrected chi connectivity index (χ2v) is 4.90. The van der Waals surface area contributed by atoms with Crippen molar-refractivity contribution in [3.63, 3.8) is 0 Å². The first-order valence-corrected chi connectivity index (χ1v) is 7.08. The number of carbonyl (C=O) groups is 1. The number of benzene rings is 3. The van der Waals surface area contributed by atoms with E-state index >= 15 is 0 Å². The van der Waals surface area contributed by atoms with Crippen LogP contribution in [0.15, 0.2) is 78.9 Å². The van der Waals surface area contributed by atoms with Crippen molar-refractivity contribution in [1.29, 1.82) is 0 Å². The Morgan fingerprint density at radius 2 is 1.27 bits per heavy atom. The summed E-state index contributed by atoms with van der Waals surface area (Å²) < 4.78 is 0. The molecular formula is C21H14O. The highest BCUT2D eigenvalue weighted by Crippen LogP contribution is 2.18. The molecule has 3 aromatic rings. The van der Waals surface area contributed by atoms with E-state index in [1.165, 1.54) is 11.1 Å². The number of carbonyl (C=O) groups excluding carboxylic acids is 1. The summed E-state index contributed by atoms with van der Waals surface area (Å²) in [6.07, 6.45) is 0.836. The maximum atomic E-state index is 11.0. The van der Waals surface area contributed by atoms with E-state index in [0.717, 1.165) is 17.4 Å². The van der Waals surface area contributed by atoms with E-state index in [4.69, 9.17) is 0 Å². The van der Waals surface area contributed by atoms with Crippen molar-refractivity contribution < 1.29 is 4.79 Å². The van der Waals surface area contributed by atoms with Gasteiger partial charge in [0.25, 0.3) is 0 Å². The minimum absolute atomic E-state index is 0.621. The van der Waals surface area contributed by atoms with Crippen LogP contribution >= 0.6 is 0 Å². The van der Waals surface area contributed by atoms with E-state index in [1.54, 1.807) is 6.07 Å². The van der Waals surface area contributed by atoms with Gasteiger partial charge in [-0.15, -0.1) is 0 Å². The van der Waals surface area contributed by atoms with Gasteiger partial charge in [0.05, 0.1) is 0 Å². The molecule has 0 bridgehead atoms. The van der Waals surface area contributed by atoms with Crippen LogP contribution in [0.25, 0.3) is 11.1 Å². The van der Waals surface area contributed by atoms with Crippen LogP contribution in [0, 0.1) is 11.8 Å². The maximum absolute atomic E-state index is 11.0. The second kappa shape index (κ2) is 6.56. The summed E-state index contributed by atoms with van der Waals surface area (Å²) in [5, 5.41) is 0. The average molecular weight is 282 g/mol. The van der Waals surface area contributed by atoms with Gasteiger partial charge >= 0.3 is 0 Å². The number of aldehydes is 1. The van der Waals surface area contributed by atoms with Crippen molar-refractivity contribution in [2.45, 2.75) is 0 Å². The van der Waals surface area contributed by atoms with Crippen LogP contribution in [0.2, 0.25) is 0 Å². The van der Waals surface area contributed by atoms with E-state index < -0.39 is 0 Å². The topological polar surface area (TPSA) is 17.1 Å². The van der Waals surface area contributed by atoms with E-state index in [1.807, 2.05) is 48.5 Å². The smallest absolute Gasteiger partial charge is 0.151 e. The Balaban J connectivity index is 1.86. The molecular weight excluding hydrogens is 268 g/mol. The quantitative estimate of drug-likeness (QED) is 0.497. The van der Waals surface area contributed by atoms with Crippen LogP contribution < -0.4 is 0 Å². The predicted molar refractivity (Wildman–Crippen MR) is 89.7 cm³/mol. The SMILES string of the molecule is O=Cc1ccccc1C#Cc1ccc(-c2ccccc2)cc1. The Morgan fingerprint density at radius 1 is 0.636 bits per heavy atom. The summed E-state index contributed by atoms with van der Waals surface area (Å²) in [4.78, 5) is 11.0. The molecule has 0 aromatic heterocycles. The molecule has 0 saturated heterocycles. The standard InChI is InChI=1S/C21H14O/c22-16-21-9-5-4-8-19(21)13-10-17-11-14-20(15-12-17)18-6-2-1-3-7-18/h1-9,11-12,14-16H. The van der Waals surface area contributed by atoms with E-state index in [2.05, 4.69) is 36.1 Å². The number of rotatable bonds is 2. The van der Waals surface area contributed by atoms with Gasteiger partial charge < -0.3 is 0 Å². The molecule has 0 aliphatic carbocycles. The average Bonchev–Trinajstić information content (AvgIpc) is 2.61. The Hall–Kier alpha value is -3.11. The molecule has 1 heteroatoms. The zero-order valence-electron chi connectivity index (χ0n) is 12.0. The molecule has 0 heterocycles. The van der Waals surface area contributed by atoms with Crippen LogP contribution in [0.4, 0.5) is 0 Å². The first-order valence-electron chi connectivity index (χ1n) is 7.08. The molecule has 0 radical (unpaired) electrons. The first-order chi connectivity index (χ1) is 10.9. The van der Waals surface area contributed by atoms with Gasteiger partial charge in [0.2, 0.25) is 0 Å². The molecule has 3 rings (SSSR count). The second-order valence-electron chi connectivity index (χ2n) is 4.90. The fourth-order valence-corrected chi connectivity index (χ4v) is 2.23. The molecule has 0 aliphatic rings. The van der Waals surface area contributed by atoms with Gasteiger partial charge in [-0.05, 0) is 29.3 Å². The molecule has 3 aromatic carbocycles. The third-order valence-electron chi connectivity index (χ3n) is 3.42. The summed E-state index contributed by atoms with van der Waals surface area (Å²) in [7, 11) is 0. The first kappa shape index (κ1) is 13.9. The van der Waals surface area contributed by atoms with Gasteiger partial charge in [0, 0.05) is 16.7 Å². The lowest BCUT2D eigenvalue weighted by atomic mass is 10.0. The van der Waals surface area contributed by atoms with Gasteiger partial charge in [-0.1, -0.05) is 72.5 Å². The number of hydrogen-bond donors (Lipinski definition) is 0. The monoisotopic (exact) mass is 282 g/mol. The van der Waals surface area contributed by atoms with Crippen molar-refractivity contribution in [3.8, 4) is 23.0 Å². The minimum Gasteiger partial charge on any atom is -0.298 e. The largest absolute Gasteiger partial charge is 0.298 e. The summed E-state index contributed by atoms with van der Waals surface area (Å²) in [6.45, 7) is 0. The van der Waals surface area contributed by atoms with E-state index in [9.17, 15) is 4.79 Å². The van der Waals surface area contributed by atoms with Gasteiger partial charge in [-0.3, -0.25) is 4.79 Å². The number of hydrogen-bond acceptors (Lipinski definition) is 1. The summed E-state index contributed by atoms with van der Waals surface area (Å²) in [5.74, 6) is 6.16. The highest BCUT2D eigenvalue weighted by molar-refractivity contribution is 5.79. The van der Waals surface area contributed by atoms with Crippen molar-refractivity contribution in [2.24, 2.45) is 0 Å². The molecule has 0 amide bonds. The Bertz CT molecular complexity index is 834. The van der Waals surface area contributed by atoms with Crippen LogP contribution in [0.1, 0.15) is 21.5 Å². The Morgan fingerprint density at radius 3 is 2.00 bits per heavy atom. The summed E-state index contributed by atoms with van der Waals surface area (Å²) >= 11 is 0. The van der Waals surface area contributed by atoms with Gasteiger partial charge in [-0.25, -0.2) is 0 Å². The van der Waals surface area contributed by atoms with Gasteiger partial charge in [0.15, 0.2) is 6.29 Å². The Kier molecular flexibility index (Phi) is 4.13. The van der Waals surface area contributed by atoms with Crippen molar-refractivity contribution in [1.82, 2.24) is 0 Å². The van der Waals surface area contributed by atoms with Crippen LogP contribution in [0.5, 0.6) is 0 Å². The molecule has 0 fully saturated rings. The normalized spacial score (nSPS) is 9.64. The van der Waals surface area contributed by atoms with Crippen molar-refractivity contribution >= 4 is 6.29 Å². The highest BCUT2D eigenvalue weighted by atomic mass is 16.1. The third-order valence-corrected chi connectivity index (χ3v) is 3.42. The lowest BCUT2D eigenvalue weighted by Gasteiger charge is -2.01. The zero-order valence-corrected chi connectivity index (χ0v) is 12.0. The lowest BCUT2D eigenvalue weighted by molar-refractivity contribution is 0.112. The fourth-order valence-electron chi connectivity index (χ4n) is 2.23. The maximum Gasteiger partial charge on any atom is 0.151 e. The molecule has 0 spiro atoms. The molecule has 0 N–H and O–H groups in total. The molecule has 22 heavy (non-hydrogen) atoms. The molecule has 104 valence electrons. The Labute approximate surface area is 130 Å². The summed E-state index contributed by atoms with van der Waals surface area (Å²) in [6, 6.07) is 25.7. The molecule has 0 aliphatic heterocycles. The van der Waals surface area contributed by atoms with Gasteiger partial charge in [-0.2, -0.15) is 0 Å².